The molecule has 0 unspecified atom stereocenters. The molecule has 0 atom stereocenters. The molecule has 10 rings (SSSR count). The summed E-state index contributed by atoms with van der Waals surface area (Å²) in [6, 6.07) is 52.9. The molecule has 0 amide bonds. The van der Waals surface area contributed by atoms with E-state index in [1.54, 1.807) is 18.2 Å². The molecule has 0 aliphatic rings. The highest BCUT2D eigenvalue weighted by atomic mass is 15.1. The molecule has 0 radical (unpaired) electrons. The Morgan fingerprint density at radius 1 is 0.291 bits per heavy atom. The fraction of sp³-hybridized carbons (Fsp3) is 0. The van der Waals surface area contributed by atoms with E-state index in [1.165, 1.54) is 4.90 Å². The van der Waals surface area contributed by atoms with Crippen molar-refractivity contribution in [3.8, 4) is 44.5 Å². The third-order valence-corrected chi connectivity index (χ3v) is 10.2. The molecule has 0 bridgehead atoms. The van der Waals surface area contributed by atoms with Crippen LogP contribution in [0.25, 0.3) is 76.8 Å². The zero-order valence-electron chi connectivity index (χ0n) is 37.7. The lowest BCUT2D eigenvalue weighted by Crippen LogP contribution is -2.11. The minimum atomic E-state index is -0.397. The Morgan fingerprint density at radius 2 is 0.818 bits per heavy atom. The molecule has 0 aliphatic carbocycles. The number of hydrogen-bond donors (Lipinski definition) is 0. The molecule has 0 saturated heterocycles. The Hall–Kier alpha value is -7.22. The van der Waals surface area contributed by atoms with Crippen LogP contribution in [0.3, 0.4) is 0 Å². The Bertz CT molecular complexity index is 3390. The molecular weight excluding hydrogens is 663 g/mol. The van der Waals surface area contributed by atoms with Gasteiger partial charge in [0.1, 0.15) is 0 Å². The van der Waals surface area contributed by atoms with Crippen molar-refractivity contribution >= 4 is 49.4 Å². The van der Waals surface area contributed by atoms with Crippen LogP contribution in [-0.2, 0) is 0 Å². The van der Waals surface area contributed by atoms with Gasteiger partial charge in [-0.3, -0.25) is 0 Å². The molecule has 10 aromatic carbocycles. The van der Waals surface area contributed by atoms with Gasteiger partial charge in [0.15, 0.2) is 0 Å². The van der Waals surface area contributed by atoms with Crippen molar-refractivity contribution in [3.05, 3.63) is 224 Å². The molecule has 258 valence electrons. The van der Waals surface area contributed by atoms with E-state index in [1.807, 2.05) is 158 Å². The van der Waals surface area contributed by atoms with E-state index in [0.29, 0.717) is 22.4 Å². The first-order valence-corrected chi connectivity index (χ1v) is 18.3. The van der Waals surface area contributed by atoms with Crippen molar-refractivity contribution in [1.82, 2.24) is 0 Å². The first-order valence-electron chi connectivity index (χ1n) is 22.3. The van der Waals surface area contributed by atoms with Crippen LogP contribution in [0.1, 0.15) is 11.0 Å². The smallest absolute Gasteiger partial charge is 0.0645 e. The first-order chi connectivity index (χ1) is 30.6. The van der Waals surface area contributed by atoms with Gasteiger partial charge in [-0.05, 0) is 114 Å². The van der Waals surface area contributed by atoms with Crippen molar-refractivity contribution in [2.75, 3.05) is 4.90 Å². The van der Waals surface area contributed by atoms with Gasteiger partial charge >= 0.3 is 0 Å². The van der Waals surface area contributed by atoms with E-state index in [0.717, 1.165) is 49.0 Å². The van der Waals surface area contributed by atoms with Gasteiger partial charge in [-0.15, -0.1) is 0 Å². The molecule has 0 saturated carbocycles. The summed E-state index contributed by atoms with van der Waals surface area (Å²) in [6.07, 6.45) is 0. The minimum absolute atomic E-state index is 0.102. The third-order valence-electron chi connectivity index (χ3n) is 10.2. The molecule has 0 spiro atoms. The number of para-hydroxylation sites is 1. The second-order valence-corrected chi connectivity index (χ2v) is 13.5. The van der Waals surface area contributed by atoms with Crippen molar-refractivity contribution in [1.29, 1.82) is 0 Å². The average Bonchev–Trinajstić information content (AvgIpc) is 3.32. The zero-order valence-corrected chi connectivity index (χ0v) is 29.7. The molecule has 55 heavy (non-hydrogen) atoms. The highest BCUT2D eigenvalue weighted by Crippen LogP contribution is 2.43. The van der Waals surface area contributed by atoms with Crippen molar-refractivity contribution in [2.45, 2.75) is 0 Å². The largest absolute Gasteiger partial charge is 0.310 e. The molecule has 0 heterocycles. The van der Waals surface area contributed by atoms with Gasteiger partial charge in [-0.25, -0.2) is 0 Å². The van der Waals surface area contributed by atoms with Crippen molar-refractivity contribution in [3.63, 3.8) is 0 Å². The van der Waals surface area contributed by atoms with Crippen LogP contribution < -0.4 is 4.90 Å². The topological polar surface area (TPSA) is 3.24 Å². The maximum absolute atomic E-state index is 9.74. The molecular formula is C54H37N. The summed E-state index contributed by atoms with van der Waals surface area (Å²) in [7, 11) is 0. The first kappa shape index (κ1) is 24.9. The SMILES string of the molecule is [2H]c1c([2H])c(N(c2ccccc2-c2ccccc2)c2c([2H])c([2H])c(-c3cc4ccccc4c4ccccc34)c([2H])c2[2H])c([2H])c([2H])c1-c1cccc(-c2cccc3ccccc23)c1. The fourth-order valence-corrected chi connectivity index (χ4v) is 7.58. The molecule has 0 fully saturated rings. The van der Waals surface area contributed by atoms with Crippen LogP contribution in [0.5, 0.6) is 0 Å². The van der Waals surface area contributed by atoms with Crippen LogP contribution >= 0.6 is 0 Å². The maximum Gasteiger partial charge on any atom is 0.0645 e. The fourth-order valence-electron chi connectivity index (χ4n) is 7.58. The predicted molar refractivity (Wildman–Crippen MR) is 235 cm³/mol. The Kier molecular flexibility index (Phi) is 6.33. The van der Waals surface area contributed by atoms with Gasteiger partial charge in [0.05, 0.1) is 16.7 Å². The Balaban J connectivity index is 1.22. The van der Waals surface area contributed by atoms with Crippen LogP contribution in [0, 0.1) is 0 Å². The highest BCUT2D eigenvalue weighted by Gasteiger charge is 2.18. The van der Waals surface area contributed by atoms with E-state index in [2.05, 4.69) is 0 Å². The molecule has 0 N–H and O–H groups in total. The summed E-state index contributed by atoms with van der Waals surface area (Å²) in [4.78, 5) is 1.39. The lowest BCUT2D eigenvalue weighted by Gasteiger charge is -2.28. The van der Waals surface area contributed by atoms with Gasteiger partial charge < -0.3 is 4.90 Å². The van der Waals surface area contributed by atoms with E-state index in [9.17, 15) is 11.0 Å². The van der Waals surface area contributed by atoms with Crippen LogP contribution in [0.4, 0.5) is 17.1 Å². The number of hydrogen-bond acceptors (Lipinski definition) is 1. The van der Waals surface area contributed by atoms with Crippen LogP contribution in [0.15, 0.2) is 224 Å². The van der Waals surface area contributed by atoms with Crippen LogP contribution in [0.2, 0.25) is 0 Å². The van der Waals surface area contributed by atoms with E-state index in [-0.39, 0.29) is 46.7 Å². The summed E-state index contributed by atoms with van der Waals surface area (Å²) >= 11 is 0. The molecule has 1 nitrogen and oxygen atoms in total. The van der Waals surface area contributed by atoms with E-state index in [4.69, 9.17) is 0 Å². The number of benzene rings is 10. The normalized spacial score (nSPS) is 13.3. The zero-order chi connectivity index (χ0) is 43.5. The quantitative estimate of drug-likeness (QED) is 0.149. The van der Waals surface area contributed by atoms with Crippen molar-refractivity contribution < 1.29 is 11.0 Å². The monoisotopic (exact) mass is 707 g/mol. The minimum Gasteiger partial charge on any atom is -0.310 e. The molecule has 10 aromatic rings. The molecule has 1 heteroatoms. The second-order valence-electron chi connectivity index (χ2n) is 13.5. The lowest BCUT2D eigenvalue weighted by molar-refractivity contribution is 1.28. The van der Waals surface area contributed by atoms with E-state index >= 15 is 0 Å². The predicted octanol–water partition coefficient (Wildman–Crippen LogP) is 15.3. The summed E-state index contributed by atoms with van der Waals surface area (Å²) in [6.45, 7) is 0. The molecule has 0 aromatic heterocycles. The van der Waals surface area contributed by atoms with Gasteiger partial charge in [-0.1, -0.05) is 182 Å². The standard InChI is InChI=1S/C54H37N/c1-2-14-40(15-3-1)50-23-10-11-27-54(50)55(46-34-30-41(31-35-46)53-37-44-17-5-7-22-49(44)51-24-8-9-25-52(51)53)45-32-28-38(29-33-45)42-19-12-20-43(36-42)48-26-13-18-39-16-4-6-21-47(39)48/h1-37H/i28D,29D,30D,31D,32D,33D,34D,35D. The number of anilines is 3. The lowest BCUT2D eigenvalue weighted by atomic mass is 9.93. The second kappa shape index (κ2) is 14.0. The summed E-state index contributed by atoms with van der Waals surface area (Å²) < 4.78 is 77.2. The molecule has 0 aliphatic heterocycles. The van der Waals surface area contributed by atoms with Gasteiger partial charge in [-0.2, -0.15) is 0 Å². The van der Waals surface area contributed by atoms with Gasteiger partial charge in [0.25, 0.3) is 0 Å². The average molecular weight is 708 g/mol. The maximum atomic E-state index is 9.74. The third kappa shape index (κ3) is 6.02. The number of fused-ring (bicyclic) bond motifs is 4. The van der Waals surface area contributed by atoms with E-state index < -0.39 is 24.2 Å². The summed E-state index contributed by atoms with van der Waals surface area (Å²) in [5.74, 6) is 0. The van der Waals surface area contributed by atoms with Crippen molar-refractivity contribution in [2.24, 2.45) is 0 Å². The van der Waals surface area contributed by atoms with Crippen LogP contribution in [-0.4, -0.2) is 0 Å². The number of nitrogens with zero attached hydrogens (tertiary/aromatic N) is 1. The Morgan fingerprint density at radius 3 is 1.60 bits per heavy atom. The Labute approximate surface area is 333 Å². The summed E-state index contributed by atoms with van der Waals surface area (Å²) in [5, 5.41) is 5.68. The highest BCUT2D eigenvalue weighted by molar-refractivity contribution is 6.13. The summed E-state index contributed by atoms with van der Waals surface area (Å²) in [5.41, 5.74) is 4.44. The van der Waals surface area contributed by atoms with Gasteiger partial charge in [0, 0.05) is 16.9 Å². The van der Waals surface area contributed by atoms with Gasteiger partial charge in [0.2, 0.25) is 0 Å². The number of rotatable bonds is 7.